The van der Waals surface area contributed by atoms with Crippen molar-refractivity contribution < 1.29 is 4.52 Å². The number of nitrogens with zero attached hydrogens (tertiary/aromatic N) is 3. The molecule has 0 saturated heterocycles. The number of anilines is 1. The van der Waals surface area contributed by atoms with Crippen LogP contribution in [0, 0.1) is 13.8 Å². The first-order valence-electron chi connectivity index (χ1n) is 6.84. The molecule has 1 aliphatic carbocycles. The third-order valence-corrected chi connectivity index (χ3v) is 3.68. The molecule has 0 radical (unpaired) electrons. The van der Waals surface area contributed by atoms with E-state index in [9.17, 15) is 4.79 Å². The van der Waals surface area contributed by atoms with Crippen LogP contribution in [0.5, 0.6) is 0 Å². The third-order valence-electron chi connectivity index (χ3n) is 3.68. The predicted octanol–water partition coefficient (Wildman–Crippen LogP) is 2.36. The average molecular weight is 274 g/mol. The van der Waals surface area contributed by atoms with Crippen LogP contribution >= 0.6 is 0 Å². The smallest absolute Gasteiger partial charge is 0.293 e. The van der Waals surface area contributed by atoms with Crippen molar-refractivity contribution in [3.63, 3.8) is 0 Å². The van der Waals surface area contributed by atoms with Gasteiger partial charge < -0.3 is 14.4 Å². The van der Waals surface area contributed by atoms with Crippen molar-refractivity contribution in [3.05, 3.63) is 39.8 Å². The number of aryl methyl sites for hydroxylation is 2. The molecule has 3 rings (SSSR count). The first-order valence-corrected chi connectivity index (χ1v) is 6.84. The van der Waals surface area contributed by atoms with Gasteiger partial charge in [-0.1, -0.05) is 5.16 Å². The van der Waals surface area contributed by atoms with Gasteiger partial charge in [0.1, 0.15) is 5.76 Å². The maximum Gasteiger partial charge on any atom is 0.293 e. The molecule has 2 aromatic heterocycles. The standard InChI is InChI=1S/C14H18N4O2/c1-8(12-9(2)17-20-10(12)3)16-13-14(19)18(7-6-15-13)11-4-5-11/h6-8,11H,4-5H2,1-3H3,(H,15,16). The van der Waals surface area contributed by atoms with Gasteiger partial charge in [-0.15, -0.1) is 0 Å². The van der Waals surface area contributed by atoms with Crippen molar-refractivity contribution in [1.82, 2.24) is 14.7 Å². The third kappa shape index (κ3) is 2.21. The Morgan fingerprint density at radius 1 is 1.45 bits per heavy atom. The van der Waals surface area contributed by atoms with Gasteiger partial charge in [-0.2, -0.15) is 0 Å². The van der Waals surface area contributed by atoms with Crippen LogP contribution in [-0.2, 0) is 0 Å². The van der Waals surface area contributed by atoms with Crippen molar-refractivity contribution in [1.29, 1.82) is 0 Å². The van der Waals surface area contributed by atoms with E-state index in [1.165, 1.54) is 0 Å². The van der Waals surface area contributed by atoms with E-state index in [1.54, 1.807) is 17.0 Å². The van der Waals surface area contributed by atoms with Gasteiger partial charge in [0.15, 0.2) is 5.82 Å². The molecule has 2 aromatic rings. The molecular formula is C14H18N4O2. The number of aromatic nitrogens is 3. The Balaban J connectivity index is 1.88. The molecule has 1 fully saturated rings. The molecule has 20 heavy (non-hydrogen) atoms. The summed E-state index contributed by atoms with van der Waals surface area (Å²) in [5.41, 5.74) is 1.75. The molecule has 0 aliphatic heterocycles. The van der Waals surface area contributed by atoms with Crippen molar-refractivity contribution in [2.75, 3.05) is 5.32 Å². The quantitative estimate of drug-likeness (QED) is 0.926. The maximum absolute atomic E-state index is 12.3. The summed E-state index contributed by atoms with van der Waals surface area (Å²) < 4.78 is 6.92. The lowest BCUT2D eigenvalue weighted by Crippen LogP contribution is -2.25. The second kappa shape index (κ2) is 4.77. The Morgan fingerprint density at radius 2 is 2.20 bits per heavy atom. The molecule has 0 aromatic carbocycles. The van der Waals surface area contributed by atoms with E-state index in [1.807, 2.05) is 20.8 Å². The highest BCUT2D eigenvalue weighted by Crippen LogP contribution is 2.33. The fourth-order valence-corrected chi connectivity index (χ4v) is 2.55. The minimum atomic E-state index is -0.0727. The Labute approximate surface area is 116 Å². The second-order valence-electron chi connectivity index (χ2n) is 5.32. The van der Waals surface area contributed by atoms with Crippen LogP contribution in [0.3, 0.4) is 0 Å². The summed E-state index contributed by atoms with van der Waals surface area (Å²) in [6.45, 7) is 5.74. The monoisotopic (exact) mass is 274 g/mol. The van der Waals surface area contributed by atoms with E-state index < -0.39 is 0 Å². The van der Waals surface area contributed by atoms with Gasteiger partial charge in [0.2, 0.25) is 0 Å². The van der Waals surface area contributed by atoms with E-state index in [0.717, 1.165) is 29.9 Å². The fourth-order valence-electron chi connectivity index (χ4n) is 2.55. The van der Waals surface area contributed by atoms with Gasteiger partial charge in [-0.25, -0.2) is 4.98 Å². The zero-order valence-corrected chi connectivity index (χ0v) is 11.9. The largest absolute Gasteiger partial charge is 0.361 e. The topological polar surface area (TPSA) is 73.0 Å². The van der Waals surface area contributed by atoms with Crippen molar-refractivity contribution in [2.45, 2.75) is 45.7 Å². The zero-order valence-electron chi connectivity index (χ0n) is 11.9. The summed E-state index contributed by atoms with van der Waals surface area (Å²) in [5.74, 6) is 1.15. The summed E-state index contributed by atoms with van der Waals surface area (Å²) in [4.78, 5) is 16.5. The molecule has 106 valence electrons. The summed E-state index contributed by atoms with van der Waals surface area (Å²) in [5, 5.41) is 7.11. The molecular weight excluding hydrogens is 256 g/mol. The van der Waals surface area contributed by atoms with Gasteiger partial charge in [-0.3, -0.25) is 4.79 Å². The lowest BCUT2D eigenvalue weighted by Gasteiger charge is -2.14. The van der Waals surface area contributed by atoms with E-state index >= 15 is 0 Å². The van der Waals surface area contributed by atoms with Gasteiger partial charge in [0, 0.05) is 24.0 Å². The molecule has 6 heteroatoms. The van der Waals surface area contributed by atoms with E-state index in [-0.39, 0.29) is 11.6 Å². The summed E-state index contributed by atoms with van der Waals surface area (Å²) in [6.07, 6.45) is 5.57. The molecule has 6 nitrogen and oxygen atoms in total. The van der Waals surface area contributed by atoms with E-state index in [0.29, 0.717) is 11.9 Å². The average Bonchev–Trinajstić information content (AvgIpc) is 3.18. The highest BCUT2D eigenvalue weighted by atomic mass is 16.5. The number of nitrogens with one attached hydrogen (secondary N) is 1. The summed E-state index contributed by atoms with van der Waals surface area (Å²) in [6, 6.07) is 0.275. The minimum absolute atomic E-state index is 0.0615. The molecule has 0 amide bonds. The Morgan fingerprint density at radius 3 is 2.80 bits per heavy atom. The molecule has 1 saturated carbocycles. The summed E-state index contributed by atoms with van der Waals surface area (Å²) >= 11 is 0. The molecule has 2 heterocycles. The van der Waals surface area contributed by atoms with Crippen molar-refractivity contribution in [3.8, 4) is 0 Å². The van der Waals surface area contributed by atoms with Gasteiger partial charge >= 0.3 is 0 Å². The summed E-state index contributed by atoms with van der Waals surface area (Å²) in [7, 11) is 0. The number of rotatable bonds is 4. The van der Waals surface area contributed by atoms with Crippen LogP contribution in [0.25, 0.3) is 0 Å². The molecule has 1 atom stereocenters. The molecule has 1 aliphatic rings. The highest BCUT2D eigenvalue weighted by Gasteiger charge is 2.26. The van der Waals surface area contributed by atoms with Crippen LogP contribution in [0.15, 0.2) is 21.7 Å². The second-order valence-corrected chi connectivity index (χ2v) is 5.32. The highest BCUT2D eigenvalue weighted by molar-refractivity contribution is 5.38. The molecule has 0 bridgehead atoms. The SMILES string of the molecule is Cc1noc(C)c1C(C)Nc1nccn(C2CC2)c1=O. The van der Waals surface area contributed by atoms with Crippen LogP contribution in [0.4, 0.5) is 5.82 Å². The zero-order chi connectivity index (χ0) is 14.3. The Kier molecular flexibility index (Phi) is 3.08. The Bertz CT molecular complexity index is 665. The van der Waals surface area contributed by atoms with E-state index in [4.69, 9.17) is 4.52 Å². The number of hydrogen-bond acceptors (Lipinski definition) is 5. The van der Waals surface area contributed by atoms with Gasteiger partial charge in [0.05, 0.1) is 11.7 Å². The van der Waals surface area contributed by atoms with Gasteiger partial charge in [-0.05, 0) is 33.6 Å². The van der Waals surface area contributed by atoms with Gasteiger partial charge in [0.25, 0.3) is 5.56 Å². The van der Waals surface area contributed by atoms with Crippen LogP contribution < -0.4 is 10.9 Å². The van der Waals surface area contributed by atoms with Crippen LogP contribution in [0.1, 0.15) is 48.9 Å². The lowest BCUT2D eigenvalue weighted by molar-refractivity contribution is 0.392. The van der Waals surface area contributed by atoms with Crippen molar-refractivity contribution >= 4 is 5.82 Å². The lowest BCUT2D eigenvalue weighted by atomic mass is 10.1. The molecule has 1 unspecified atom stereocenters. The molecule has 1 N–H and O–H groups in total. The molecule has 0 spiro atoms. The first kappa shape index (κ1) is 12.9. The fraction of sp³-hybridized carbons (Fsp3) is 0.500. The number of hydrogen-bond donors (Lipinski definition) is 1. The predicted molar refractivity (Wildman–Crippen MR) is 74.8 cm³/mol. The van der Waals surface area contributed by atoms with E-state index in [2.05, 4.69) is 15.5 Å². The minimum Gasteiger partial charge on any atom is -0.361 e. The van der Waals surface area contributed by atoms with Crippen LogP contribution in [0.2, 0.25) is 0 Å². The maximum atomic E-state index is 12.3. The van der Waals surface area contributed by atoms with Crippen molar-refractivity contribution in [2.24, 2.45) is 0 Å². The normalized spacial score (nSPS) is 16.1. The first-order chi connectivity index (χ1) is 9.58. The Hall–Kier alpha value is -2.11. The van der Waals surface area contributed by atoms with Crippen LogP contribution in [-0.4, -0.2) is 14.7 Å².